The number of hydrogen-bond acceptors (Lipinski definition) is 5. The summed E-state index contributed by atoms with van der Waals surface area (Å²) in [6.07, 6.45) is 1.47. The van der Waals surface area contributed by atoms with Crippen LogP contribution in [0.5, 0.6) is 5.75 Å². The van der Waals surface area contributed by atoms with Crippen molar-refractivity contribution in [2.24, 2.45) is 4.99 Å². The average molecular weight is 489 g/mol. The number of ether oxygens (including phenoxy) is 2. The monoisotopic (exact) mass is 488 g/mol. The standard InChI is InChI=1S/C24H29BrN2O4/c1-3-13-26-23(29)24(16-18-5-9-20(25)10-6-18)17(2)31-22(27-24)19-7-11-21(12-8-19)30-15-4-14-28/h5-12,17,28H,3-4,13-16H2,1-2H3,(H,26,29)/t17-,24-/m1/s1. The molecule has 0 bridgehead atoms. The second-order valence-electron chi connectivity index (χ2n) is 7.61. The zero-order chi connectivity index (χ0) is 22.3. The first-order chi connectivity index (χ1) is 15.0. The fourth-order valence-electron chi connectivity index (χ4n) is 3.45. The summed E-state index contributed by atoms with van der Waals surface area (Å²) in [7, 11) is 0. The van der Waals surface area contributed by atoms with Crippen LogP contribution in [0.2, 0.25) is 0 Å². The second kappa shape index (κ2) is 10.8. The van der Waals surface area contributed by atoms with E-state index >= 15 is 0 Å². The van der Waals surface area contributed by atoms with Crippen LogP contribution in [-0.2, 0) is 16.0 Å². The highest BCUT2D eigenvalue weighted by molar-refractivity contribution is 9.10. The van der Waals surface area contributed by atoms with Crippen LogP contribution in [0.4, 0.5) is 0 Å². The molecule has 1 amide bonds. The Morgan fingerprint density at radius 2 is 1.94 bits per heavy atom. The molecule has 0 spiro atoms. The van der Waals surface area contributed by atoms with Crippen LogP contribution in [0, 0.1) is 0 Å². The molecule has 2 N–H and O–H groups in total. The highest BCUT2D eigenvalue weighted by atomic mass is 79.9. The highest BCUT2D eigenvalue weighted by Gasteiger charge is 2.50. The molecule has 0 unspecified atom stereocenters. The van der Waals surface area contributed by atoms with E-state index in [1.165, 1.54) is 0 Å². The molecule has 7 heteroatoms. The van der Waals surface area contributed by atoms with Crippen molar-refractivity contribution in [3.05, 3.63) is 64.1 Å². The Morgan fingerprint density at radius 1 is 1.23 bits per heavy atom. The minimum Gasteiger partial charge on any atom is -0.494 e. The lowest BCUT2D eigenvalue weighted by Crippen LogP contribution is -2.52. The normalized spacial score (nSPS) is 20.1. The van der Waals surface area contributed by atoms with Gasteiger partial charge in [0.2, 0.25) is 5.90 Å². The number of halogens is 1. The van der Waals surface area contributed by atoms with Crippen LogP contribution in [0.25, 0.3) is 0 Å². The summed E-state index contributed by atoms with van der Waals surface area (Å²) in [6, 6.07) is 15.4. The van der Waals surface area contributed by atoms with Crippen LogP contribution in [0.1, 0.15) is 37.8 Å². The molecule has 3 rings (SSSR count). The summed E-state index contributed by atoms with van der Waals surface area (Å²) in [5.41, 5.74) is 0.777. The largest absolute Gasteiger partial charge is 0.494 e. The molecule has 1 aliphatic heterocycles. The molecule has 0 saturated heterocycles. The third-order valence-electron chi connectivity index (χ3n) is 5.25. The Kier molecular flexibility index (Phi) is 8.09. The Hall–Kier alpha value is -2.38. The zero-order valence-electron chi connectivity index (χ0n) is 17.9. The predicted octanol–water partition coefficient (Wildman–Crippen LogP) is 3.88. The number of aliphatic hydroxyl groups is 1. The van der Waals surface area contributed by atoms with Crippen LogP contribution in [-0.4, -0.2) is 48.3 Å². The minimum atomic E-state index is -1.03. The first-order valence-corrected chi connectivity index (χ1v) is 11.4. The summed E-state index contributed by atoms with van der Waals surface area (Å²) in [5, 5.41) is 11.9. The van der Waals surface area contributed by atoms with Crippen LogP contribution in [0.15, 0.2) is 58.0 Å². The van der Waals surface area contributed by atoms with Crippen molar-refractivity contribution in [1.29, 1.82) is 0 Å². The maximum absolute atomic E-state index is 13.2. The fourth-order valence-corrected chi connectivity index (χ4v) is 3.71. The number of amides is 1. The van der Waals surface area contributed by atoms with Crippen molar-refractivity contribution in [2.45, 2.75) is 44.8 Å². The fraction of sp³-hybridized carbons (Fsp3) is 0.417. The first kappa shape index (κ1) is 23.3. The van der Waals surface area contributed by atoms with Crippen molar-refractivity contribution >= 4 is 27.7 Å². The van der Waals surface area contributed by atoms with E-state index in [2.05, 4.69) is 21.2 Å². The molecule has 2 aromatic carbocycles. The van der Waals surface area contributed by atoms with Gasteiger partial charge in [-0.05, 0) is 55.3 Å². The van der Waals surface area contributed by atoms with Crippen molar-refractivity contribution in [3.8, 4) is 5.75 Å². The van der Waals surface area contributed by atoms with Gasteiger partial charge in [-0.2, -0.15) is 0 Å². The van der Waals surface area contributed by atoms with Crippen LogP contribution >= 0.6 is 15.9 Å². The topological polar surface area (TPSA) is 80.2 Å². The van der Waals surface area contributed by atoms with Gasteiger partial charge in [0.25, 0.3) is 5.91 Å². The van der Waals surface area contributed by atoms with Gasteiger partial charge in [0, 0.05) is 36.0 Å². The Bertz CT molecular complexity index is 899. The molecule has 2 aromatic rings. The van der Waals surface area contributed by atoms with Crippen LogP contribution in [0.3, 0.4) is 0 Å². The number of benzene rings is 2. The van der Waals surface area contributed by atoms with Gasteiger partial charge in [0.1, 0.15) is 11.9 Å². The molecule has 2 atom stereocenters. The van der Waals surface area contributed by atoms with E-state index in [4.69, 9.17) is 19.6 Å². The van der Waals surface area contributed by atoms with Crippen LogP contribution < -0.4 is 10.1 Å². The van der Waals surface area contributed by atoms with E-state index in [0.717, 1.165) is 22.0 Å². The molecule has 31 heavy (non-hydrogen) atoms. The number of aliphatic hydroxyl groups excluding tert-OH is 1. The lowest BCUT2D eigenvalue weighted by Gasteiger charge is -2.28. The smallest absolute Gasteiger partial charge is 0.252 e. The van der Waals surface area contributed by atoms with E-state index in [1.54, 1.807) is 0 Å². The maximum atomic E-state index is 13.2. The van der Waals surface area contributed by atoms with Gasteiger partial charge < -0.3 is 19.9 Å². The molecule has 0 aliphatic carbocycles. The predicted molar refractivity (Wildman–Crippen MR) is 125 cm³/mol. The van der Waals surface area contributed by atoms with Gasteiger partial charge >= 0.3 is 0 Å². The third kappa shape index (κ3) is 5.66. The SMILES string of the molecule is CCCNC(=O)[C@]1(Cc2ccc(Br)cc2)N=C(c2ccc(OCCCO)cc2)O[C@@H]1C. The summed E-state index contributed by atoms with van der Waals surface area (Å²) < 4.78 is 12.7. The number of nitrogens with zero attached hydrogens (tertiary/aromatic N) is 1. The minimum absolute atomic E-state index is 0.0984. The summed E-state index contributed by atoms with van der Waals surface area (Å²) in [6.45, 7) is 5.07. The van der Waals surface area contributed by atoms with Gasteiger partial charge in [-0.1, -0.05) is 35.0 Å². The van der Waals surface area contributed by atoms with Gasteiger partial charge in [0.05, 0.1) is 6.61 Å². The molecule has 6 nitrogen and oxygen atoms in total. The van der Waals surface area contributed by atoms with Crippen molar-refractivity contribution in [2.75, 3.05) is 19.8 Å². The van der Waals surface area contributed by atoms with E-state index in [0.29, 0.717) is 37.6 Å². The number of rotatable bonds is 10. The van der Waals surface area contributed by atoms with Crippen molar-refractivity contribution in [3.63, 3.8) is 0 Å². The first-order valence-electron chi connectivity index (χ1n) is 10.6. The van der Waals surface area contributed by atoms with Gasteiger partial charge in [-0.25, -0.2) is 4.99 Å². The number of carbonyl (C=O) groups is 1. The lowest BCUT2D eigenvalue weighted by molar-refractivity contribution is -0.128. The number of aliphatic imine (C=N–C) groups is 1. The number of hydrogen-bond donors (Lipinski definition) is 2. The number of carbonyl (C=O) groups excluding carboxylic acids is 1. The third-order valence-corrected chi connectivity index (χ3v) is 5.78. The number of nitrogens with one attached hydrogen (secondary N) is 1. The van der Waals surface area contributed by atoms with E-state index in [1.807, 2.05) is 62.4 Å². The van der Waals surface area contributed by atoms with E-state index in [-0.39, 0.29) is 12.5 Å². The molecular weight excluding hydrogens is 460 g/mol. The Labute approximate surface area is 191 Å². The van der Waals surface area contributed by atoms with Gasteiger partial charge in [-0.15, -0.1) is 0 Å². The molecule has 166 valence electrons. The Balaban J connectivity index is 1.87. The Morgan fingerprint density at radius 3 is 2.58 bits per heavy atom. The molecule has 0 radical (unpaired) electrons. The quantitative estimate of drug-likeness (QED) is 0.497. The van der Waals surface area contributed by atoms with Crippen molar-refractivity contribution in [1.82, 2.24) is 5.32 Å². The lowest BCUT2D eigenvalue weighted by atomic mass is 9.86. The van der Waals surface area contributed by atoms with Gasteiger partial charge in [-0.3, -0.25) is 4.79 Å². The van der Waals surface area contributed by atoms with E-state index < -0.39 is 11.6 Å². The summed E-state index contributed by atoms with van der Waals surface area (Å²) in [5.74, 6) is 1.05. The second-order valence-corrected chi connectivity index (χ2v) is 8.53. The maximum Gasteiger partial charge on any atom is 0.252 e. The molecule has 1 heterocycles. The molecule has 0 saturated carbocycles. The summed E-state index contributed by atoms with van der Waals surface area (Å²) >= 11 is 3.46. The average Bonchev–Trinajstić information content (AvgIpc) is 3.11. The molecule has 0 aromatic heterocycles. The molecule has 1 aliphatic rings. The highest BCUT2D eigenvalue weighted by Crippen LogP contribution is 2.33. The zero-order valence-corrected chi connectivity index (χ0v) is 19.5. The molecule has 0 fully saturated rings. The van der Waals surface area contributed by atoms with Gasteiger partial charge in [0.15, 0.2) is 5.54 Å². The van der Waals surface area contributed by atoms with Crippen molar-refractivity contribution < 1.29 is 19.4 Å². The molecular formula is C24H29BrN2O4. The summed E-state index contributed by atoms with van der Waals surface area (Å²) in [4.78, 5) is 18.1. The van der Waals surface area contributed by atoms with E-state index in [9.17, 15) is 4.79 Å².